The average molecular weight is 1210 g/mol. The molecule has 0 aromatic rings. The zero-order chi connectivity index (χ0) is 63.3. The summed E-state index contributed by atoms with van der Waals surface area (Å²) in [4.78, 5) is 37.4. The van der Waals surface area contributed by atoms with Gasteiger partial charge in [0.25, 0.3) is 0 Å². The predicted octanol–water partition coefficient (Wildman–Crippen LogP) is 20.4. The first-order chi connectivity index (χ1) is 42.6. The molecule has 0 saturated heterocycles. The largest absolute Gasteiger partial charge is 0.545 e. The molecular formula is C78H127NO8. The van der Waals surface area contributed by atoms with Crippen molar-refractivity contribution in [2.24, 2.45) is 0 Å². The maximum atomic E-state index is 12.9. The summed E-state index contributed by atoms with van der Waals surface area (Å²) in [6.45, 7) is 4.60. The molecule has 87 heavy (non-hydrogen) atoms. The fourth-order valence-electron chi connectivity index (χ4n) is 8.98. The molecule has 0 aromatic heterocycles. The third-order valence-electron chi connectivity index (χ3n) is 14.3. The molecule has 0 aliphatic rings. The average Bonchev–Trinajstić information content (AvgIpc) is 3.59. The van der Waals surface area contributed by atoms with Crippen LogP contribution in [0.15, 0.2) is 158 Å². The number of carbonyl (C=O) groups is 3. The van der Waals surface area contributed by atoms with Gasteiger partial charge in [0.1, 0.15) is 13.2 Å². The van der Waals surface area contributed by atoms with Crippen molar-refractivity contribution in [3.63, 3.8) is 0 Å². The third-order valence-corrected chi connectivity index (χ3v) is 14.3. The highest BCUT2D eigenvalue weighted by Crippen LogP contribution is 2.15. The van der Waals surface area contributed by atoms with Gasteiger partial charge < -0.3 is 33.3 Å². The van der Waals surface area contributed by atoms with Crippen molar-refractivity contribution in [3.05, 3.63) is 158 Å². The Balaban J connectivity index is 4.24. The van der Waals surface area contributed by atoms with Gasteiger partial charge in [0.2, 0.25) is 0 Å². The fraction of sp³-hybridized carbons (Fsp3) is 0.628. The van der Waals surface area contributed by atoms with E-state index in [1.165, 1.54) is 103 Å². The Morgan fingerprint density at radius 3 is 0.989 bits per heavy atom. The zero-order valence-electron chi connectivity index (χ0n) is 56.1. The lowest BCUT2D eigenvalue weighted by Gasteiger charge is -2.26. The third kappa shape index (κ3) is 68.3. The Labute approximate surface area is 534 Å². The summed E-state index contributed by atoms with van der Waals surface area (Å²) in [5, 5.41) is 11.8. The van der Waals surface area contributed by atoms with Crippen LogP contribution in [0.1, 0.15) is 258 Å². The van der Waals surface area contributed by atoms with E-state index in [0.29, 0.717) is 17.4 Å². The minimum absolute atomic E-state index is 0.134. The molecule has 0 aliphatic heterocycles. The van der Waals surface area contributed by atoms with Crippen molar-refractivity contribution in [2.75, 3.05) is 47.5 Å². The summed E-state index contributed by atoms with van der Waals surface area (Å²) in [5.74, 6) is -2.33. The van der Waals surface area contributed by atoms with Crippen LogP contribution >= 0.6 is 0 Å². The summed E-state index contributed by atoms with van der Waals surface area (Å²) in [6.07, 6.45) is 96.0. The second-order valence-electron chi connectivity index (χ2n) is 23.7. The topological polar surface area (TPSA) is 111 Å². The monoisotopic (exact) mass is 1210 g/mol. The van der Waals surface area contributed by atoms with Crippen molar-refractivity contribution in [1.29, 1.82) is 0 Å². The summed E-state index contributed by atoms with van der Waals surface area (Å²) >= 11 is 0. The van der Waals surface area contributed by atoms with Gasteiger partial charge in [-0.25, -0.2) is 0 Å². The van der Waals surface area contributed by atoms with Crippen LogP contribution in [-0.2, 0) is 33.3 Å². The van der Waals surface area contributed by atoms with Crippen molar-refractivity contribution < 1.29 is 42.9 Å². The number of nitrogens with zero attached hydrogens (tertiary/aromatic N) is 1. The van der Waals surface area contributed by atoms with Gasteiger partial charge in [-0.1, -0.05) is 275 Å². The lowest BCUT2D eigenvalue weighted by molar-refractivity contribution is -0.870. The molecular weight excluding hydrogens is 1080 g/mol. The molecule has 492 valence electrons. The zero-order valence-corrected chi connectivity index (χ0v) is 56.1. The molecule has 2 atom stereocenters. The minimum atomic E-state index is -1.64. The van der Waals surface area contributed by atoms with E-state index in [0.717, 1.165) is 122 Å². The molecule has 0 bridgehead atoms. The first kappa shape index (κ1) is 81.9. The van der Waals surface area contributed by atoms with Gasteiger partial charge in [0.05, 0.1) is 40.3 Å². The summed E-state index contributed by atoms with van der Waals surface area (Å²) in [5.41, 5.74) is 0. The maximum Gasteiger partial charge on any atom is 0.306 e. The predicted molar refractivity (Wildman–Crippen MR) is 370 cm³/mol. The number of aliphatic carboxylic acids is 1. The Morgan fingerprint density at radius 1 is 0.356 bits per heavy atom. The van der Waals surface area contributed by atoms with Crippen LogP contribution in [0.25, 0.3) is 0 Å². The quantitative estimate of drug-likeness (QED) is 0.0195. The number of ether oxygens (including phenoxy) is 4. The molecule has 0 heterocycles. The van der Waals surface area contributed by atoms with Crippen molar-refractivity contribution in [3.8, 4) is 0 Å². The van der Waals surface area contributed by atoms with E-state index in [9.17, 15) is 19.5 Å². The molecule has 0 amide bonds. The first-order valence-corrected chi connectivity index (χ1v) is 34.6. The Bertz CT molecular complexity index is 1990. The van der Waals surface area contributed by atoms with Crippen LogP contribution in [-0.4, -0.2) is 82.3 Å². The number of likely N-dealkylation sites (N-methyl/N-ethyl adjacent to an activating group) is 1. The molecule has 0 N–H and O–H groups in total. The number of quaternary nitrogens is 1. The first-order valence-electron chi connectivity index (χ1n) is 34.6. The smallest absolute Gasteiger partial charge is 0.306 e. The van der Waals surface area contributed by atoms with Crippen molar-refractivity contribution in [1.82, 2.24) is 0 Å². The number of carbonyl (C=O) groups excluding carboxylic acids is 3. The molecule has 2 unspecified atom stereocenters. The lowest BCUT2D eigenvalue weighted by atomic mass is 10.1. The van der Waals surface area contributed by atoms with Crippen molar-refractivity contribution in [2.45, 2.75) is 270 Å². The molecule has 0 radical (unpaired) electrons. The molecule has 9 heteroatoms. The van der Waals surface area contributed by atoms with Crippen LogP contribution in [0.4, 0.5) is 0 Å². The van der Waals surface area contributed by atoms with Gasteiger partial charge in [-0.3, -0.25) is 9.59 Å². The van der Waals surface area contributed by atoms with E-state index in [1.807, 2.05) is 21.1 Å². The number of carboxylic acids is 1. The molecule has 0 spiro atoms. The van der Waals surface area contributed by atoms with Gasteiger partial charge in [0.15, 0.2) is 12.4 Å². The van der Waals surface area contributed by atoms with Crippen LogP contribution < -0.4 is 5.11 Å². The highest BCUT2D eigenvalue weighted by molar-refractivity contribution is 5.70. The van der Waals surface area contributed by atoms with Crippen LogP contribution in [0.3, 0.4) is 0 Å². The molecule has 0 aromatic carbocycles. The lowest BCUT2D eigenvalue weighted by Crippen LogP contribution is -2.44. The minimum Gasteiger partial charge on any atom is -0.545 e. The van der Waals surface area contributed by atoms with Crippen LogP contribution in [0, 0.1) is 0 Å². The van der Waals surface area contributed by atoms with Gasteiger partial charge in [-0.2, -0.15) is 0 Å². The molecule has 0 aliphatic carbocycles. The summed E-state index contributed by atoms with van der Waals surface area (Å²) < 4.78 is 22.7. The molecule has 9 nitrogen and oxygen atoms in total. The van der Waals surface area contributed by atoms with E-state index in [1.54, 1.807) is 0 Å². The number of allylic oxidation sites excluding steroid dienone is 26. The standard InChI is InChI=1S/C78H127NO8/c1-6-8-10-12-14-16-18-20-22-24-26-28-29-30-31-32-33-34-35-36-37-38-39-40-41-42-43-44-45-46-47-49-51-53-55-57-59-61-63-65-67-69-76(81)87-74(73-86-78(77(82)83)84-71-70-79(3,4)5)72-85-75(80)68-66-64-62-60-58-56-54-52-50-48-27-25-23-21-19-17-15-13-11-9-7-2/h8,10,14,16,20,22,25-28,30-31,33-34,36-37,39-40,42-43,45-46,49,51,55,57,74,78H,6-7,9,11-13,15,17-19,21,23-24,29,32,35,38,41,44,47-48,50,52-54,56,58-73H2,1-5H3/b10-8-,16-14-,22-20-,27-25-,28-26-,31-30-,34-33-,37-36-,40-39-,43-42-,46-45-,51-49-,57-55-. The Kier molecular flexibility index (Phi) is 62.9. The number of hydrogen-bond acceptors (Lipinski definition) is 8. The Morgan fingerprint density at radius 2 is 0.655 bits per heavy atom. The van der Waals surface area contributed by atoms with E-state index >= 15 is 0 Å². The van der Waals surface area contributed by atoms with Gasteiger partial charge >= 0.3 is 11.9 Å². The number of rotatable bonds is 62. The molecule has 0 saturated carbocycles. The van der Waals surface area contributed by atoms with Crippen LogP contribution in [0.2, 0.25) is 0 Å². The SMILES string of the molecule is CC/C=C\C/C=C\C/C=C\C/C=C\C/C=C\C/C=C\C/C=C\C/C=C\C/C=C\C/C=C\C/C=C\C/C=C\CCCCCCC(=O)OC(COC(=O)CCCCCCCCCCC/C=C\CCCCCCCCCC)COC(OCC[N+](C)(C)C)C(=O)[O-]. The number of carboxylic acid groups (broad SMARTS) is 1. The van der Waals surface area contributed by atoms with Gasteiger partial charge in [0, 0.05) is 12.8 Å². The Hall–Kier alpha value is -5.09. The molecule has 0 fully saturated rings. The van der Waals surface area contributed by atoms with E-state index < -0.39 is 24.3 Å². The van der Waals surface area contributed by atoms with Crippen LogP contribution in [0.5, 0.6) is 0 Å². The maximum absolute atomic E-state index is 12.9. The van der Waals surface area contributed by atoms with E-state index in [-0.39, 0.29) is 38.6 Å². The van der Waals surface area contributed by atoms with E-state index in [2.05, 4.69) is 172 Å². The summed E-state index contributed by atoms with van der Waals surface area (Å²) in [7, 11) is 5.91. The molecule has 0 rings (SSSR count). The number of hydrogen-bond donors (Lipinski definition) is 0. The number of esters is 2. The highest BCUT2D eigenvalue weighted by atomic mass is 16.7. The number of unbranched alkanes of at least 4 members (excludes halogenated alkanes) is 21. The van der Waals surface area contributed by atoms with Gasteiger partial charge in [-0.05, 0) is 128 Å². The van der Waals surface area contributed by atoms with Crippen molar-refractivity contribution >= 4 is 17.9 Å². The van der Waals surface area contributed by atoms with E-state index in [4.69, 9.17) is 18.9 Å². The van der Waals surface area contributed by atoms with Gasteiger partial charge in [-0.15, -0.1) is 0 Å². The second kappa shape index (κ2) is 66.9. The second-order valence-corrected chi connectivity index (χ2v) is 23.7. The normalized spacial score (nSPS) is 13.7. The summed E-state index contributed by atoms with van der Waals surface area (Å²) in [6, 6.07) is 0. The fourth-order valence-corrected chi connectivity index (χ4v) is 8.98. The highest BCUT2D eigenvalue weighted by Gasteiger charge is 2.22.